The van der Waals surface area contributed by atoms with Gasteiger partial charge in [-0.1, -0.05) is 6.92 Å². The van der Waals surface area contributed by atoms with Crippen LogP contribution < -0.4 is 10.0 Å². The van der Waals surface area contributed by atoms with E-state index in [9.17, 15) is 24.6 Å². The van der Waals surface area contributed by atoms with Crippen LogP contribution in [0.1, 0.15) is 38.2 Å². The predicted molar refractivity (Wildman–Crippen MR) is 124 cm³/mol. The number of thioether (sulfide) groups is 1. The van der Waals surface area contributed by atoms with Crippen LogP contribution >= 0.6 is 23.1 Å². The van der Waals surface area contributed by atoms with Gasteiger partial charge in [0.05, 0.1) is 35.8 Å². The van der Waals surface area contributed by atoms with Gasteiger partial charge in [-0.2, -0.15) is 5.26 Å². The molecule has 2 amide bonds. The highest BCUT2D eigenvalue weighted by molar-refractivity contribution is 8.03. The van der Waals surface area contributed by atoms with E-state index >= 15 is 0 Å². The second-order valence-corrected chi connectivity index (χ2v) is 11.3. The van der Waals surface area contributed by atoms with Crippen LogP contribution in [0, 0.1) is 23.2 Å². The van der Waals surface area contributed by atoms with Crippen LogP contribution in [-0.2, 0) is 9.59 Å². The van der Waals surface area contributed by atoms with Gasteiger partial charge in [-0.05, 0) is 20.8 Å². The van der Waals surface area contributed by atoms with Gasteiger partial charge in [0.25, 0.3) is 5.91 Å². The van der Waals surface area contributed by atoms with Gasteiger partial charge in [0.2, 0.25) is 5.91 Å². The number of carbonyl (C=O) groups is 3. The number of aliphatic carboxylic acids is 1. The summed E-state index contributed by atoms with van der Waals surface area (Å²) in [6, 6.07) is 1.53. The number of nitrogens with zero attached hydrogens (tertiary/aromatic N) is 5. The van der Waals surface area contributed by atoms with Crippen LogP contribution in [0.3, 0.4) is 0 Å². The number of anilines is 1. The molecule has 4 rings (SSSR count). The molecule has 10 nitrogen and oxygen atoms in total. The Morgan fingerprint density at radius 1 is 1.41 bits per heavy atom. The lowest BCUT2D eigenvalue weighted by molar-refractivity contribution is -0.301. The molecule has 4 heterocycles. The number of fused-ring (bicyclic) bond motifs is 1. The Labute approximate surface area is 205 Å². The van der Waals surface area contributed by atoms with Crippen LogP contribution in [0.4, 0.5) is 5.13 Å². The number of rotatable bonds is 8. The number of amides is 2. The second-order valence-electron chi connectivity index (χ2n) is 9.10. The third-order valence-corrected chi connectivity index (χ3v) is 8.90. The predicted octanol–water partition coefficient (Wildman–Crippen LogP) is 0.258. The van der Waals surface area contributed by atoms with E-state index in [1.54, 1.807) is 12.3 Å². The van der Waals surface area contributed by atoms with Gasteiger partial charge in [-0.15, -0.1) is 23.1 Å². The Bertz CT molecular complexity index is 1090. The molecule has 0 aromatic carbocycles. The third-order valence-electron chi connectivity index (χ3n) is 6.55. The molecule has 0 radical (unpaired) electrons. The fourth-order valence-corrected chi connectivity index (χ4v) is 7.07. The highest BCUT2D eigenvalue weighted by atomic mass is 32.2. The maximum Gasteiger partial charge on any atom is 0.274 e. The minimum absolute atomic E-state index is 0.00369. The molecule has 1 aromatic rings. The molecule has 0 spiro atoms. The van der Waals surface area contributed by atoms with Crippen molar-refractivity contribution < 1.29 is 24.6 Å². The van der Waals surface area contributed by atoms with Gasteiger partial charge in [0.15, 0.2) is 5.13 Å². The van der Waals surface area contributed by atoms with Crippen molar-refractivity contribution in [3.8, 4) is 6.07 Å². The lowest BCUT2D eigenvalue weighted by atomic mass is 9.79. The Morgan fingerprint density at radius 2 is 2.09 bits per heavy atom. The Balaban J connectivity index is 1.41. The summed E-state index contributed by atoms with van der Waals surface area (Å²) in [6.07, 6.45) is -0.843. The van der Waals surface area contributed by atoms with E-state index in [1.165, 1.54) is 32.9 Å². The highest BCUT2D eigenvalue weighted by Crippen LogP contribution is 2.52. The largest absolute Gasteiger partial charge is 0.543 e. The van der Waals surface area contributed by atoms with Crippen molar-refractivity contribution in [3.05, 3.63) is 21.7 Å². The number of carboxylic acid groups (broad SMARTS) is 1. The molecule has 0 aliphatic carbocycles. The fraction of sp³-hybridized carbons (Fsp3) is 0.591. The summed E-state index contributed by atoms with van der Waals surface area (Å²) in [4.78, 5) is 46.8. The average Bonchev–Trinajstić information content (AvgIpc) is 3.29. The summed E-state index contributed by atoms with van der Waals surface area (Å²) >= 11 is 2.79. The summed E-state index contributed by atoms with van der Waals surface area (Å²) < 4.78 is 0. The number of aliphatic hydroxyl groups excluding tert-OH is 1. The van der Waals surface area contributed by atoms with Gasteiger partial charge >= 0.3 is 0 Å². The molecule has 2 saturated heterocycles. The van der Waals surface area contributed by atoms with E-state index in [-0.39, 0.29) is 47.3 Å². The third kappa shape index (κ3) is 3.95. The smallest absolute Gasteiger partial charge is 0.274 e. The Kier molecular flexibility index (Phi) is 6.63. The molecule has 4 atom stereocenters. The standard InChI is InChI=1S/C22H27N5O5S2/c1-10(2)26(6-5-23)19(29)14-9-33-22(24-14)25-7-13(8-25)34-18-11(3)16-15(12(4)28)20(30)27(16)17(18)21(31)32/h9-13,15-16,28H,6-8H2,1-4H3,(H,31,32)/p-1/t11-,12-,15-,16-/m1/s1. The van der Waals surface area contributed by atoms with Crippen LogP contribution in [0.25, 0.3) is 0 Å². The summed E-state index contributed by atoms with van der Waals surface area (Å²) in [5.41, 5.74) is 0.231. The van der Waals surface area contributed by atoms with Crippen LogP contribution in [0.15, 0.2) is 16.0 Å². The van der Waals surface area contributed by atoms with E-state index in [1.807, 2.05) is 31.7 Å². The van der Waals surface area contributed by atoms with E-state index in [2.05, 4.69) is 4.98 Å². The quantitative estimate of drug-likeness (QED) is 0.390. The molecule has 2 fully saturated rings. The average molecular weight is 505 g/mol. The lowest BCUT2D eigenvalue weighted by Crippen LogP contribution is -2.64. The normalized spacial score (nSPS) is 25.1. The number of carboxylic acids is 1. The molecule has 12 heteroatoms. The molecule has 3 aliphatic heterocycles. The summed E-state index contributed by atoms with van der Waals surface area (Å²) in [6.45, 7) is 8.36. The Morgan fingerprint density at radius 3 is 2.65 bits per heavy atom. The molecule has 0 saturated carbocycles. The summed E-state index contributed by atoms with van der Waals surface area (Å²) in [5.74, 6) is -2.83. The van der Waals surface area contributed by atoms with Gasteiger partial charge in [-0.3, -0.25) is 9.59 Å². The molecule has 0 bridgehead atoms. The van der Waals surface area contributed by atoms with E-state index < -0.39 is 18.0 Å². The first-order valence-corrected chi connectivity index (χ1v) is 12.8. The molecule has 34 heavy (non-hydrogen) atoms. The summed E-state index contributed by atoms with van der Waals surface area (Å²) in [5, 5.41) is 33.3. The van der Waals surface area contributed by atoms with Gasteiger partial charge in [0.1, 0.15) is 12.2 Å². The van der Waals surface area contributed by atoms with Gasteiger partial charge in [-0.25, -0.2) is 4.98 Å². The van der Waals surface area contributed by atoms with Gasteiger partial charge < -0.3 is 29.7 Å². The van der Waals surface area contributed by atoms with Crippen molar-refractivity contribution in [2.75, 3.05) is 24.5 Å². The zero-order valence-electron chi connectivity index (χ0n) is 19.3. The van der Waals surface area contributed by atoms with Crippen molar-refractivity contribution in [2.45, 2.75) is 51.1 Å². The van der Waals surface area contributed by atoms with Crippen LogP contribution in [-0.4, -0.2) is 80.7 Å². The van der Waals surface area contributed by atoms with Crippen LogP contribution in [0.2, 0.25) is 0 Å². The van der Waals surface area contributed by atoms with E-state index in [4.69, 9.17) is 5.26 Å². The Hall–Kier alpha value is -2.62. The van der Waals surface area contributed by atoms with E-state index in [0.717, 1.165) is 0 Å². The van der Waals surface area contributed by atoms with Crippen molar-refractivity contribution in [1.29, 1.82) is 5.26 Å². The maximum atomic E-state index is 12.7. The number of nitriles is 1. The molecule has 3 aliphatic rings. The zero-order chi connectivity index (χ0) is 24.9. The fourth-order valence-electron chi connectivity index (χ4n) is 4.74. The van der Waals surface area contributed by atoms with Crippen molar-refractivity contribution in [1.82, 2.24) is 14.8 Å². The van der Waals surface area contributed by atoms with Crippen molar-refractivity contribution >= 4 is 46.0 Å². The molecular formula is C22H26N5O5S2-. The molecule has 1 aromatic heterocycles. The first-order chi connectivity index (χ1) is 16.1. The molecule has 182 valence electrons. The summed E-state index contributed by atoms with van der Waals surface area (Å²) in [7, 11) is 0. The maximum absolute atomic E-state index is 12.7. The molecular weight excluding hydrogens is 478 g/mol. The SMILES string of the molecule is CC(C)N(CC#N)C(=O)c1csc(N2CC(SC3=C(C(=O)[O-])N4C(=O)[C@H]([C@@H](C)O)[C@H]4[C@H]3C)C2)n1. The number of hydrogen-bond acceptors (Lipinski definition) is 10. The lowest BCUT2D eigenvalue weighted by Gasteiger charge is -2.47. The minimum atomic E-state index is -1.37. The van der Waals surface area contributed by atoms with Crippen molar-refractivity contribution in [2.24, 2.45) is 11.8 Å². The molecule has 0 unspecified atom stereocenters. The van der Waals surface area contributed by atoms with E-state index in [0.29, 0.717) is 28.8 Å². The zero-order valence-corrected chi connectivity index (χ0v) is 20.9. The molecule has 1 N–H and O–H groups in total. The second kappa shape index (κ2) is 9.20. The number of thiazole rings is 1. The number of aromatic nitrogens is 1. The van der Waals surface area contributed by atoms with Gasteiger partial charge in [0, 0.05) is 40.6 Å². The first-order valence-electron chi connectivity index (χ1n) is 11.1. The number of β-lactam (4-membered cyclic amide) rings is 1. The topological polar surface area (TPSA) is 141 Å². The minimum Gasteiger partial charge on any atom is -0.543 e. The number of hydrogen-bond donors (Lipinski definition) is 1. The number of carbonyl (C=O) groups excluding carboxylic acids is 3. The first kappa shape index (κ1) is 24.5. The van der Waals surface area contributed by atoms with Crippen molar-refractivity contribution in [3.63, 3.8) is 0 Å². The van der Waals surface area contributed by atoms with Crippen LogP contribution in [0.5, 0.6) is 0 Å². The number of aliphatic hydroxyl groups is 1. The monoisotopic (exact) mass is 504 g/mol. The highest BCUT2D eigenvalue weighted by Gasteiger charge is 2.59.